The summed E-state index contributed by atoms with van der Waals surface area (Å²) in [6.45, 7) is 0. The first-order valence-electron chi connectivity index (χ1n) is 17.7. The first-order chi connectivity index (χ1) is 28.3. The Labute approximate surface area is 373 Å². The minimum atomic E-state index is -0.159. The molecule has 285 valence electrons. The van der Waals surface area contributed by atoms with Crippen molar-refractivity contribution in [1.82, 2.24) is 0 Å². The van der Waals surface area contributed by atoms with Gasteiger partial charge in [0.2, 0.25) is 11.4 Å². The largest absolute Gasteiger partial charge is 1.00 e. The number of fused-ring (bicyclic) bond motifs is 2. The van der Waals surface area contributed by atoms with Gasteiger partial charge in [0.15, 0.2) is 5.78 Å². The van der Waals surface area contributed by atoms with Gasteiger partial charge in [-0.25, -0.2) is 0 Å². The fourth-order valence-corrected chi connectivity index (χ4v) is 6.02. The molecule has 0 aliphatic carbocycles. The standard InChI is InChI=1S/C16H12N2O.C16H10N2O.C13H10O2.C3H2N2.B.Na.H/c2*17-10-13-15(11-6-2-1-3-7-11)12-8-4-5-9-14(12)19-16(13)18;14-12-9-5-4-8-11(12)13(15)10-6-2-1-3-7-10;4-2-1-3-5;;;/h1-9,15H,18H2;1-9,18H;1-9,14H;1H2;;;/q;;;;;+1;-1. The summed E-state index contributed by atoms with van der Waals surface area (Å²) in [5.41, 5.74) is 11.7. The Balaban J connectivity index is 0.000000293. The van der Waals surface area contributed by atoms with Crippen LogP contribution in [0.25, 0.3) is 22.1 Å². The molecule has 8 rings (SSSR count). The number of nitrogens with two attached hydrogens (primary N) is 1. The molecule has 6 aromatic carbocycles. The predicted octanol–water partition coefficient (Wildman–Crippen LogP) is 6.14. The third-order valence-electron chi connectivity index (χ3n) is 8.62. The number of para-hydroxylation sites is 3. The Kier molecular flexibility index (Phi) is 18.4. The minimum Gasteiger partial charge on any atom is -1.00 e. The van der Waals surface area contributed by atoms with Crippen molar-refractivity contribution in [3.63, 3.8) is 0 Å². The molecule has 1 aromatic heterocycles. The molecule has 0 bridgehead atoms. The van der Waals surface area contributed by atoms with Crippen LogP contribution in [-0.4, -0.2) is 19.3 Å². The first-order valence-corrected chi connectivity index (χ1v) is 17.7. The number of allylic oxidation sites excluding steroid dienone is 1. The molecule has 0 fully saturated rings. The van der Waals surface area contributed by atoms with Gasteiger partial charge in [-0.2, -0.15) is 21.0 Å². The molecular formula is C48H35BN6NaO4. The van der Waals surface area contributed by atoms with Gasteiger partial charge in [0.1, 0.15) is 46.8 Å². The van der Waals surface area contributed by atoms with Crippen LogP contribution < -0.4 is 45.6 Å². The average molecular weight is 794 g/mol. The molecular weight excluding hydrogens is 758 g/mol. The van der Waals surface area contributed by atoms with Crippen molar-refractivity contribution in [2.24, 2.45) is 5.73 Å². The molecule has 0 amide bonds. The van der Waals surface area contributed by atoms with Crippen LogP contribution in [0.5, 0.6) is 11.5 Å². The van der Waals surface area contributed by atoms with E-state index in [0.29, 0.717) is 28.0 Å². The number of nitrogens with one attached hydrogen (secondary N) is 1. The normalized spacial score (nSPS) is 11.6. The number of phenolic OH excluding ortho intramolecular Hbond substituents is 1. The molecule has 7 aromatic rings. The van der Waals surface area contributed by atoms with E-state index in [-0.39, 0.29) is 80.3 Å². The Hall–Kier alpha value is -7.64. The van der Waals surface area contributed by atoms with Crippen molar-refractivity contribution in [2.45, 2.75) is 12.3 Å². The molecule has 0 saturated heterocycles. The van der Waals surface area contributed by atoms with E-state index in [9.17, 15) is 20.4 Å². The smallest absolute Gasteiger partial charge is 1.00 e. The van der Waals surface area contributed by atoms with E-state index < -0.39 is 0 Å². The van der Waals surface area contributed by atoms with Gasteiger partial charge in [-0.15, -0.1) is 0 Å². The van der Waals surface area contributed by atoms with Gasteiger partial charge in [0.05, 0.1) is 23.6 Å². The van der Waals surface area contributed by atoms with Crippen molar-refractivity contribution >= 4 is 25.2 Å². The predicted molar refractivity (Wildman–Crippen MR) is 225 cm³/mol. The van der Waals surface area contributed by atoms with Crippen LogP contribution in [0.3, 0.4) is 0 Å². The van der Waals surface area contributed by atoms with E-state index in [1.807, 2.05) is 109 Å². The number of ketones is 1. The second-order valence-electron chi connectivity index (χ2n) is 12.2. The van der Waals surface area contributed by atoms with E-state index in [2.05, 4.69) is 12.1 Å². The summed E-state index contributed by atoms with van der Waals surface area (Å²) in [6.07, 6.45) is 0. The van der Waals surface area contributed by atoms with Crippen LogP contribution in [-0.2, 0) is 0 Å². The van der Waals surface area contributed by atoms with Crippen LogP contribution in [0.4, 0.5) is 0 Å². The number of aromatic hydroxyl groups is 1. The second-order valence-corrected chi connectivity index (χ2v) is 12.2. The second kappa shape index (κ2) is 23.6. The van der Waals surface area contributed by atoms with Crippen molar-refractivity contribution in [2.75, 3.05) is 0 Å². The fourth-order valence-electron chi connectivity index (χ4n) is 6.02. The molecule has 0 saturated carbocycles. The Morgan fingerprint density at radius 1 is 0.717 bits per heavy atom. The van der Waals surface area contributed by atoms with Gasteiger partial charge in [-0.05, 0) is 35.4 Å². The molecule has 60 heavy (non-hydrogen) atoms. The summed E-state index contributed by atoms with van der Waals surface area (Å²) >= 11 is 0. The maximum absolute atomic E-state index is 11.9. The number of nitrogens with zero attached hydrogens (tertiary/aromatic N) is 4. The van der Waals surface area contributed by atoms with E-state index in [0.717, 1.165) is 27.6 Å². The van der Waals surface area contributed by atoms with Gasteiger partial charge in [-0.1, -0.05) is 140 Å². The number of carbonyl (C=O) groups excluding carboxylic acids is 1. The molecule has 1 aliphatic heterocycles. The van der Waals surface area contributed by atoms with Crippen molar-refractivity contribution in [3.8, 4) is 46.9 Å². The molecule has 1 aliphatic rings. The number of nitriles is 4. The zero-order chi connectivity index (χ0) is 41.3. The Bertz CT molecular complexity index is 2800. The third kappa shape index (κ3) is 11.5. The Morgan fingerprint density at radius 2 is 1.27 bits per heavy atom. The van der Waals surface area contributed by atoms with Crippen molar-refractivity contribution in [1.29, 1.82) is 26.5 Å². The quantitative estimate of drug-likeness (QED) is 0.138. The molecule has 1 unspecified atom stereocenters. The minimum absolute atomic E-state index is 0. The maximum atomic E-state index is 11.9. The molecule has 2 heterocycles. The summed E-state index contributed by atoms with van der Waals surface area (Å²) in [5.74, 6) is 0.610. The summed E-state index contributed by atoms with van der Waals surface area (Å²) in [5, 5.41) is 52.1. The number of benzene rings is 6. The number of phenols is 1. The molecule has 1 atom stereocenters. The first kappa shape index (κ1) is 46.7. The number of ether oxygens (including phenoxy) is 1. The molecule has 3 radical (unpaired) electrons. The van der Waals surface area contributed by atoms with Crippen LogP contribution >= 0.6 is 0 Å². The monoisotopic (exact) mass is 793 g/mol. The van der Waals surface area contributed by atoms with Gasteiger partial charge < -0.3 is 21.4 Å². The summed E-state index contributed by atoms with van der Waals surface area (Å²) in [4.78, 5) is 11.9. The van der Waals surface area contributed by atoms with Crippen molar-refractivity contribution < 1.29 is 50.0 Å². The molecule has 0 spiro atoms. The average Bonchev–Trinajstić information content (AvgIpc) is 3.27. The zero-order valence-electron chi connectivity index (χ0n) is 33.5. The van der Waals surface area contributed by atoms with E-state index in [4.69, 9.17) is 30.8 Å². The number of rotatable bonds is 4. The van der Waals surface area contributed by atoms with Gasteiger partial charge in [0.25, 0.3) is 0 Å². The van der Waals surface area contributed by atoms with E-state index >= 15 is 0 Å². The summed E-state index contributed by atoms with van der Waals surface area (Å²) in [7, 11) is 0. The zero-order valence-corrected chi connectivity index (χ0v) is 34.5. The van der Waals surface area contributed by atoms with Gasteiger partial charge in [-0.3, -0.25) is 10.2 Å². The Morgan fingerprint density at radius 3 is 1.87 bits per heavy atom. The van der Waals surface area contributed by atoms with Crippen LogP contribution in [0.15, 0.2) is 180 Å². The van der Waals surface area contributed by atoms with Crippen molar-refractivity contribution in [3.05, 3.63) is 209 Å². The van der Waals surface area contributed by atoms with Gasteiger partial charge in [0, 0.05) is 30.5 Å². The number of hydrogen-bond acceptors (Lipinski definition) is 10. The molecule has 10 nitrogen and oxygen atoms in total. The van der Waals surface area contributed by atoms with Crippen LogP contribution in [0.1, 0.15) is 46.4 Å². The fraction of sp³-hybridized carbons (Fsp3) is 0.0417. The third-order valence-corrected chi connectivity index (χ3v) is 8.62. The summed E-state index contributed by atoms with van der Waals surface area (Å²) < 4.78 is 10.9. The summed E-state index contributed by atoms with van der Waals surface area (Å²) in [6, 6.07) is 57.6. The van der Waals surface area contributed by atoms with Crippen LogP contribution in [0, 0.1) is 50.7 Å². The molecule has 4 N–H and O–H groups in total. The van der Waals surface area contributed by atoms with E-state index in [1.165, 1.54) is 6.07 Å². The number of carbonyl (C=O) groups is 1. The van der Waals surface area contributed by atoms with Gasteiger partial charge >= 0.3 is 29.6 Å². The topological polar surface area (TPSA) is 205 Å². The van der Waals surface area contributed by atoms with Crippen LogP contribution in [0.2, 0.25) is 0 Å². The SMILES string of the molecule is N#CC1=C(N)Oc2ccccc2C1c1ccccc1.N#CCC#N.N#Cc1c(-c2ccccc2)c2ccccc2oc1=N.O=C(c1ccccc1)c1ccccc1O.[B].[H-].[Na+]. The van der Waals surface area contributed by atoms with E-state index in [1.54, 1.807) is 60.7 Å². The number of hydrogen-bond donors (Lipinski definition) is 3. The molecule has 12 heteroatoms. The maximum Gasteiger partial charge on any atom is 1.00 e.